The van der Waals surface area contributed by atoms with Crippen LogP contribution < -0.4 is 15.5 Å². The average molecular weight is 470 g/mol. The molecule has 3 aromatic rings. The van der Waals surface area contributed by atoms with Gasteiger partial charge in [0.2, 0.25) is 11.8 Å². The fourth-order valence-electron chi connectivity index (χ4n) is 4.85. The highest BCUT2D eigenvalue weighted by molar-refractivity contribution is 5.94. The highest BCUT2D eigenvalue weighted by atomic mass is 16.2. The largest absolute Gasteiger partial charge is 0.378 e. The van der Waals surface area contributed by atoms with E-state index in [0.29, 0.717) is 6.42 Å². The zero-order chi connectivity index (χ0) is 25.1. The molecule has 2 amide bonds. The number of nitrogens with one attached hydrogen (secondary N) is 2. The van der Waals surface area contributed by atoms with E-state index in [1.807, 2.05) is 65.6 Å². The Labute approximate surface area is 206 Å². The average Bonchev–Trinajstić information content (AvgIpc) is 2.79. The summed E-state index contributed by atoms with van der Waals surface area (Å²) in [5, 5.41) is 6.48. The molecule has 180 valence electrons. The second-order valence-electron chi connectivity index (χ2n) is 9.28. The smallest absolute Gasteiger partial charge is 0.224 e. The van der Waals surface area contributed by atoms with Crippen LogP contribution in [-0.2, 0) is 20.8 Å². The molecule has 6 nitrogen and oxygen atoms in total. The Kier molecular flexibility index (Phi) is 7.01. The van der Waals surface area contributed by atoms with Crippen LogP contribution in [0, 0.1) is 0 Å². The summed E-state index contributed by atoms with van der Waals surface area (Å²) >= 11 is 0. The molecule has 0 unspecified atom stereocenters. The number of carbonyl (C=O) groups is 3. The number of hydrogen-bond donors (Lipinski definition) is 2. The first-order valence-electron chi connectivity index (χ1n) is 11.9. The Morgan fingerprint density at radius 3 is 2.26 bits per heavy atom. The predicted octanol–water partition coefficient (Wildman–Crippen LogP) is 5.74. The van der Waals surface area contributed by atoms with Gasteiger partial charge in [-0.15, -0.1) is 0 Å². The number of ketones is 1. The molecule has 0 radical (unpaired) electrons. The number of hydrogen-bond acceptors (Lipinski definition) is 4. The lowest BCUT2D eigenvalue weighted by Crippen LogP contribution is -2.43. The first-order valence-corrected chi connectivity index (χ1v) is 11.9. The van der Waals surface area contributed by atoms with Crippen LogP contribution in [0.1, 0.15) is 51.3 Å². The quantitative estimate of drug-likeness (QED) is 0.482. The molecule has 2 N–H and O–H groups in total. The third-order valence-electron chi connectivity index (χ3n) is 6.28. The molecule has 0 spiro atoms. The third kappa shape index (κ3) is 5.60. The summed E-state index contributed by atoms with van der Waals surface area (Å²) in [5.41, 5.74) is 6.65. The van der Waals surface area contributed by atoms with Gasteiger partial charge in [0.15, 0.2) is 0 Å². The Hall–Kier alpha value is -3.93. The Morgan fingerprint density at radius 2 is 1.60 bits per heavy atom. The van der Waals surface area contributed by atoms with Crippen molar-refractivity contribution in [1.29, 1.82) is 0 Å². The van der Waals surface area contributed by atoms with E-state index >= 15 is 0 Å². The maximum absolute atomic E-state index is 12.5. The van der Waals surface area contributed by atoms with Crippen LogP contribution >= 0.6 is 0 Å². The number of benzene rings is 3. The maximum Gasteiger partial charge on any atom is 0.224 e. The number of carbonyl (C=O) groups excluding carboxylic acids is 3. The second kappa shape index (κ2) is 10.1. The third-order valence-corrected chi connectivity index (χ3v) is 6.28. The molecular weight excluding hydrogens is 438 g/mol. The van der Waals surface area contributed by atoms with Crippen LogP contribution in [0.4, 0.5) is 17.1 Å². The zero-order valence-electron chi connectivity index (χ0n) is 20.6. The number of rotatable bonds is 6. The lowest BCUT2D eigenvalue weighted by Gasteiger charge is -2.39. The van der Waals surface area contributed by atoms with Gasteiger partial charge in [0.25, 0.3) is 0 Å². The van der Waals surface area contributed by atoms with E-state index in [2.05, 4.69) is 23.6 Å². The van der Waals surface area contributed by atoms with E-state index in [9.17, 15) is 14.4 Å². The lowest BCUT2D eigenvalue weighted by atomic mass is 9.88. The summed E-state index contributed by atoms with van der Waals surface area (Å²) in [6, 6.07) is 21.9. The fourth-order valence-corrected chi connectivity index (χ4v) is 4.85. The van der Waals surface area contributed by atoms with E-state index in [4.69, 9.17) is 0 Å². The van der Waals surface area contributed by atoms with E-state index in [1.54, 1.807) is 13.8 Å². The summed E-state index contributed by atoms with van der Waals surface area (Å²) in [6.07, 6.45) is 1.19. The monoisotopic (exact) mass is 469 g/mol. The van der Waals surface area contributed by atoms with Gasteiger partial charge in [0.05, 0.1) is 6.04 Å². The number of amides is 2. The van der Waals surface area contributed by atoms with Crippen LogP contribution in [-0.4, -0.2) is 23.6 Å². The van der Waals surface area contributed by atoms with Crippen LogP contribution in [0.3, 0.4) is 0 Å². The van der Waals surface area contributed by atoms with Crippen molar-refractivity contribution in [3.8, 4) is 11.1 Å². The molecule has 1 aliphatic heterocycles. The number of anilines is 3. The first-order chi connectivity index (χ1) is 16.7. The zero-order valence-corrected chi connectivity index (χ0v) is 20.6. The van der Waals surface area contributed by atoms with Gasteiger partial charge in [-0.2, -0.15) is 0 Å². The summed E-state index contributed by atoms with van der Waals surface area (Å²) in [6.45, 7) is 6.76. The van der Waals surface area contributed by atoms with Crippen molar-refractivity contribution in [2.24, 2.45) is 0 Å². The summed E-state index contributed by atoms with van der Waals surface area (Å²) in [4.78, 5) is 37.3. The predicted molar refractivity (Wildman–Crippen MR) is 141 cm³/mol. The SMILES string of the molecule is CC(=O)Cc1ccc(N[C@@H]2C[C@H](C)N(C(C)=O)c3ccc(-c4cccc(NC(C)=O)c4)cc32)cc1. The van der Waals surface area contributed by atoms with Gasteiger partial charge in [0.1, 0.15) is 5.78 Å². The molecule has 2 atom stereocenters. The van der Waals surface area contributed by atoms with Crippen molar-refractivity contribution in [3.05, 3.63) is 77.9 Å². The van der Waals surface area contributed by atoms with E-state index < -0.39 is 0 Å². The molecule has 1 aliphatic rings. The number of Topliss-reactive ketones (excluding diaryl/α,β-unsaturated/α-hetero) is 1. The van der Waals surface area contributed by atoms with Crippen molar-refractivity contribution < 1.29 is 14.4 Å². The molecule has 0 saturated carbocycles. The first kappa shape index (κ1) is 24.2. The van der Waals surface area contributed by atoms with Crippen LogP contribution in [0.5, 0.6) is 0 Å². The highest BCUT2D eigenvalue weighted by Gasteiger charge is 2.32. The van der Waals surface area contributed by atoms with Crippen molar-refractivity contribution in [2.45, 2.75) is 52.6 Å². The molecule has 6 heteroatoms. The normalized spacial score (nSPS) is 16.9. The Bertz CT molecular complexity index is 1270. The van der Waals surface area contributed by atoms with E-state index in [0.717, 1.165) is 45.7 Å². The minimum atomic E-state index is -0.114. The maximum atomic E-state index is 12.5. The summed E-state index contributed by atoms with van der Waals surface area (Å²) < 4.78 is 0. The van der Waals surface area contributed by atoms with Crippen LogP contribution in [0.2, 0.25) is 0 Å². The molecule has 35 heavy (non-hydrogen) atoms. The second-order valence-corrected chi connectivity index (χ2v) is 9.28. The van der Waals surface area contributed by atoms with Gasteiger partial charge < -0.3 is 15.5 Å². The minimum Gasteiger partial charge on any atom is -0.378 e. The van der Waals surface area contributed by atoms with Crippen LogP contribution in [0.15, 0.2) is 66.7 Å². The molecule has 4 rings (SSSR count). The molecule has 0 aromatic heterocycles. The van der Waals surface area contributed by atoms with Crippen molar-refractivity contribution >= 4 is 34.7 Å². The minimum absolute atomic E-state index is 0.00716. The van der Waals surface area contributed by atoms with Crippen molar-refractivity contribution in [1.82, 2.24) is 0 Å². The van der Waals surface area contributed by atoms with Gasteiger partial charge in [0, 0.05) is 43.4 Å². The molecule has 0 fully saturated rings. The number of fused-ring (bicyclic) bond motifs is 1. The standard InChI is InChI=1S/C29H31N3O3/c1-18-14-28(31-25-11-8-22(9-12-25)15-19(2)33)27-17-24(10-13-29(27)32(18)21(4)35)23-6-5-7-26(16-23)30-20(3)34/h5-13,16-18,28,31H,14-15H2,1-4H3,(H,30,34)/t18-,28+/m0/s1. The van der Waals surface area contributed by atoms with Gasteiger partial charge in [-0.25, -0.2) is 0 Å². The van der Waals surface area contributed by atoms with Crippen LogP contribution in [0.25, 0.3) is 11.1 Å². The molecule has 0 saturated heterocycles. The lowest BCUT2D eigenvalue weighted by molar-refractivity contribution is -0.117. The summed E-state index contributed by atoms with van der Waals surface area (Å²) in [7, 11) is 0. The molecule has 0 aliphatic carbocycles. The Morgan fingerprint density at radius 1 is 0.886 bits per heavy atom. The van der Waals surface area contributed by atoms with E-state index in [-0.39, 0.29) is 29.7 Å². The van der Waals surface area contributed by atoms with Gasteiger partial charge in [-0.3, -0.25) is 14.4 Å². The molecular formula is C29H31N3O3. The van der Waals surface area contributed by atoms with E-state index in [1.165, 1.54) is 6.92 Å². The fraction of sp³-hybridized carbons (Fsp3) is 0.276. The van der Waals surface area contributed by atoms with Gasteiger partial charge in [-0.05, 0) is 78.9 Å². The molecule has 1 heterocycles. The van der Waals surface area contributed by atoms with Gasteiger partial charge in [-0.1, -0.05) is 30.3 Å². The topological polar surface area (TPSA) is 78.5 Å². The van der Waals surface area contributed by atoms with Crippen molar-refractivity contribution in [3.63, 3.8) is 0 Å². The molecule has 0 bridgehead atoms. The number of nitrogens with zero attached hydrogens (tertiary/aromatic N) is 1. The van der Waals surface area contributed by atoms with Crippen molar-refractivity contribution in [2.75, 3.05) is 15.5 Å². The Balaban J connectivity index is 1.70. The van der Waals surface area contributed by atoms with Gasteiger partial charge >= 0.3 is 0 Å². The molecule has 3 aromatic carbocycles. The highest BCUT2D eigenvalue weighted by Crippen LogP contribution is 2.41. The summed E-state index contributed by atoms with van der Waals surface area (Å²) in [5.74, 6) is 0.0450.